The first-order valence-corrected chi connectivity index (χ1v) is 13.5. The molecule has 1 unspecified atom stereocenters. The molecule has 2 aliphatic carbocycles. The van der Waals surface area contributed by atoms with E-state index in [4.69, 9.17) is 4.99 Å². The van der Waals surface area contributed by atoms with Crippen LogP contribution in [-0.4, -0.2) is 98.1 Å². The van der Waals surface area contributed by atoms with E-state index in [1.807, 2.05) is 0 Å². The van der Waals surface area contributed by atoms with Gasteiger partial charge in [0.2, 0.25) is 5.91 Å². The fourth-order valence-electron chi connectivity index (χ4n) is 6.11. The largest absolute Gasteiger partial charge is 0.357 e. The summed E-state index contributed by atoms with van der Waals surface area (Å²) in [6, 6.07) is 0.513. The normalized spacial score (nSPS) is 26.8. The van der Waals surface area contributed by atoms with Crippen molar-refractivity contribution in [1.82, 2.24) is 25.3 Å². The van der Waals surface area contributed by atoms with Crippen LogP contribution in [0, 0.1) is 11.8 Å². The Kier molecular flexibility index (Phi) is 9.09. The molecular formula is C25H46N6O. The number of likely N-dealkylation sites (tertiary alicyclic amines) is 1. The maximum Gasteiger partial charge on any atom is 0.225 e. The molecule has 4 aliphatic rings. The van der Waals surface area contributed by atoms with Crippen LogP contribution < -0.4 is 10.6 Å². The van der Waals surface area contributed by atoms with Crippen LogP contribution in [0.3, 0.4) is 0 Å². The van der Waals surface area contributed by atoms with E-state index in [9.17, 15) is 4.79 Å². The van der Waals surface area contributed by atoms with Crippen molar-refractivity contribution < 1.29 is 4.79 Å². The Balaban J connectivity index is 1.15. The van der Waals surface area contributed by atoms with Gasteiger partial charge in [-0.2, -0.15) is 0 Å². The van der Waals surface area contributed by atoms with Crippen molar-refractivity contribution in [3.05, 3.63) is 0 Å². The van der Waals surface area contributed by atoms with Gasteiger partial charge in [0.15, 0.2) is 5.96 Å². The molecule has 0 spiro atoms. The quantitative estimate of drug-likeness (QED) is 0.442. The number of carbonyl (C=O) groups excluding carboxylic acids is 1. The van der Waals surface area contributed by atoms with Gasteiger partial charge in [0.1, 0.15) is 0 Å². The molecule has 1 amide bonds. The van der Waals surface area contributed by atoms with Crippen LogP contribution >= 0.6 is 0 Å². The zero-order chi connectivity index (χ0) is 22.2. The number of nitrogens with one attached hydrogen (secondary N) is 2. The number of carbonyl (C=O) groups is 1. The number of piperazine rings is 1. The van der Waals surface area contributed by atoms with Gasteiger partial charge in [-0.15, -0.1) is 0 Å². The monoisotopic (exact) mass is 446 g/mol. The van der Waals surface area contributed by atoms with Gasteiger partial charge in [0.05, 0.1) is 6.54 Å². The molecular weight excluding hydrogens is 400 g/mol. The number of rotatable bonds is 8. The molecule has 2 aliphatic heterocycles. The lowest BCUT2D eigenvalue weighted by Crippen LogP contribution is -2.50. The first-order chi connectivity index (χ1) is 15.7. The zero-order valence-electron chi connectivity index (χ0n) is 20.4. The second-order valence-corrected chi connectivity index (χ2v) is 10.4. The van der Waals surface area contributed by atoms with E-state index in [1.165, 1.54) is 58.0 Å². The molecule has 2 saturated heterocycles. The van der Waals surface area contributed by atoms with Gasteiger partial charge >= 0.3 is 0 Å². The molecule has 1 atom stereocenters. The lowest BCUT2D eigenvalue weighted by atomic mass is 10.1. The first kappa shape index (κ1) is 23.8. The summed E-state index contributed by atoms with van der Waals surface area (Å²) < 4.78 is 0. The summed E-state index contributed by atoms with van der Waals surface area (Å²) in [6.07, 6.45) is 11.6. The van der Waals surface area contributed by atoms with E-state index in [0.717, 1.165) is 77.1 Å². The molecule has 2 saturated carbocycles. The second kappa shape index (κ2) is 12.2. The molecule has 7 nitrogen and oxygen atoms in total. The van der Waals surface area contributed by atoms with Crippen molar-refractivity contribution in [2.24, 2.45) is 16.8 Å². The highest BCUT2D eigenvalue weighted by Crippen LogP contribution is 2.27. The van der Waals surface area contributed by atoms with Gasteiger partial charge in [-0.05, 0) is 44.9 Å². The Morgan fingerprint density at radius 1 is 0.906 bits per heavy atom. The minimum absolute atomic E-state index is 0.310. The molecule has 0 aromatic carbocycles. The van der Waals surface area contributed by atoms with Gasteiger partial charge in [-0.3, -0.25) is 14.7 Å². The maximum absolute atomic E-state index is 12.6. The zero-order valence-corrected chi connectivity index (χ0v) is 20.4. The standard InChI is InChI=1S/C25H46N6O/c1-2-26-25(28-23-11-13-30(20-23)19-21-7-3-4-8-21)27-12-14-29-15-17-31(18-16-29)24(32)22-9-5-6-10-22/h21-23H,2-20H2,1H3,(H2,26,27,28). The average molecular weight is 447 g/mol. The molecule has 4 rings (SSSR count). The summed E-state index contributed by atoms with van der Waals surface area (Å²) in [4.78, 5) is 24.7. The summed E-state index contributed by atoms with van der Waals surface area (Å²) in [5.41, 5.74) is 0. The van der Waals surface area contributed by atoms with Crippen LogP contribution in [-0.2, 0) is 4.79 Å². The summed E-state index contributed by atoms with van der Waals surface area (Å²) in [5, 5.41) is 7.13. The maximum atomic E-state index is 12.6. The van der Waals surface area contributed by atoms with Crippen LogP contribution in [0.4, 0.5) is 0 Å². The van der Waals surface area contributed by atoms with Crippen LogP contribution in [0.25, 0.3) is 0 Å². The van der Waals surface area contributed by atoms with Crippen LogP contribution in [0.2, 0.25) is 0 Å². The summed E-state index contributed by atoms with van der Waals surface area (Å²) in [7, 11) is 0. The molecule has 32 heavy (non-hydrogen) atoms. The van der Waals surface area contributed by atoms with Crippen molar-refractivity contribution in [2.45, 2.75) is 70.8 Å². The van der Waals surface area contributed by atoms with E-state index >= 15 is 0 Å². The van der Waals surface area contributed by atoms with Gasteiger partial charge in [-0.1, -0.05) is 25.7 Å². The number of hydrogen-bond donors (Lipinski definition) is 2. The van der Waals surface area contributed by atoms with Crippen molar-refractivity contribution in [3.8, 4) is 0 Å². The summed E-state index contributed by atoms with van der Waals surface area (Å²) in [5.74, 6) is 2.63. The first-order valence-electron chi connectivity index (χ1n) is 13.5. The third kappa shape index (κ3) is 6.83. The minimum atomic E-state index is 0.310. The Morgan fingerprint density at radius 2 is 1.62 bits per heavy atom. The molecule has 4 fully saturated rings. The highest BCUT2D eigenvalue weighted by atomic mass is 16.2. The van der Waals surface area contributed by atoms with Crippen LogP contribution in [0.1, 0.15) is 64.7 Å². The Bertz CT molecular complexity index is 606. The van der Waals surface area contributed by atoms with E-state index < -0.39 is 0 Å². The van der Waals surface area contributed by atoms with Crippen molar-refractivity contribution in [2.75, 3.05) is 65.4 Å². The molecule has 7 heteroatoms. The fourth-order valence-corrected chi connectivity index (χ4v) is 6.11. The number of nitrogens with zero attached hydrogens (tertiary/aromatic N) is 4. The summed E-state index contributed by atoms with van der Waals surface area (Å²) >= 11 is 0. The summed E-state index contributed by atoms with van der Waals surface area (Å²) in [6.45, 7) is 12.2. The van der Waals surface area contributed by atoms with Crippen molar-refractivity contribution in [1.29, 1.82) is 0 Å². The van der Waals surface area contributed by atoms with Crippen molar-refractivity contribution >= 4 is 11.9 Å². The van der Waals surface area contributed by atoms with Gasteiger partial charge in [0.25, 0.3) is 0 Å². The molecule has 0 bridgehead atoms. The predicted molar refractivity (Wildman–Crippen MR) is 131 cm³/mol. The third-order valence-electron chi connectivity index (χ3n) is 8.02. The molecule has 182 valence electrons. The van der Waals surface area contributed by atoms with E-state index in [0.29, 0.717) is 17.9 Å². The van der Waals surface area contributed by atoms with Gasteiger partial charge in [-0.25, -0.2) is 0 Å². The van der Waals surface area contributed by atoms with Gasteiger partial charge in [0, 0.05) is 70.9 Å². The number of amides is 1. The van der Waals surface area contributed by atoms with Crippen LogP contribution in [0.5, 0.6) is 0 Å². The number of aliphatic imine (C=N–C) groups is 1. The van der Waals surface area contributed by atoms with E-state index in [-0.39, 0.29) is 0 Å². The van der Waals surface area contributed by atoms with Crippen molar-refractivity contribution in [3.63, 3.8) is 0 Å². The predicted octanol–water partition coefficient (Wildman–Crippen LogP) is 2.14. The lowest BCUT2D eigenvalue weighted by Gasteiger charge is -2.35. The number of guanidine groups is 1. The Hall–Kier alpha value is -1.34. The van der Waals surface area contributed by atoms with E-state index in [1.54, 1.807) is 0 Å². The smallest absolute Gasteiger partial charge is 0.225 e. The lowest BCUT2D eigenvalue weighted by molar-refractivity contribution is -0.137. The molecule has 0 radical (unpaired) electrons. The molecule has 0 aromatic heterocycles. The SMILES string of the molecule is CCNC(=NCCN1CCN(C(=O)C2CCCC2)CC1)NC1CCN(CC2CCCC2)C1. The van der Waals surface area contributed by atoms with Crippen LogP contribution in [0.15, 0.2) is 4.99 Å². The topological polar surface area (TPSA) is 63.2 Å². The fraction of sp³-hybridized carbons (Fsp3) is 0.920. The number of hydrogen-bond acceptors (Lipinski definition) is 4. The Labute approximate surface area is 195 Å². The molecule has 2 heterocycles. The average Bonchev–Trinajstić information content (AvgIpc) is 3.58. The second-order valence-electron chi connectivity index (χ2n) is 10.4. The van der Waals surface area contributed by atoms with E-state index in [2.05, 4.69) is 32.3 Å². The molecule has 0 aromatic rings. The van der Waals surface area contributed by atoms with Gasteiger partial charge < -0.3 is 20.4 Å². The highest BCUT2D eigenvalue weighted by molar-refractivity contribution is 5.80. The Morgan fingerprint density at radius 3 is 2.34 bits per heavy atom. The minimum Gasteiger partial charge on any atom is -0.357 e. The third-order valence-corrected chi connectivity index (χ3v) is 8.02. The highest BCUT2D eigenvalue weighted by Gasteiger charge is 2.29. The molecule has 2 N–H and O–H groups in total.